The Labute approximate surface area is 90.7 Å². The minimum absolute atomic E-state index is 0.156. The number of aromatic nitrogens is 4. The second-order valence-electron chi connectivity index (χ2n) is 3.39. The molecule has 78 valence electrons. The zero-order valence-electron chi connectivity index (χ0n) is 8.29. The number of hydrogen-bond acceptors (Lipinski definition) is 3. The molecule has 16 heavy (non-hydrogen) atoms. The maximum Gasteiger partial charge on any atom is 0.278 e. The Morgan fingerprint density at radius 3 is 3.06 bits per heavy atom. The summed E-state index contributed by atoms with van der Waals surface area (Å²) in [6.45, 7) is 0. The number of carbonyl (C=O) groups excluding carboxylic acids is 1. The monoisotopic (exact) mass is 212 g/mol. The zero-order chi connectivity index (χ0) is 11.0. The average molecular weight is 212 g/mol. The van der Waals surface area contributed by atoms with E-state index in [9.17, 15) is 4.79 Å². The fourth-order valence-electron chi connectivity index (χ4n) is 1.67. The Morgan fingerprint density at radius 1 is 1.31 bits per heavy atom. The number of hydrogen-bond donors (Lipinski definition) is 1. The van der Waals surface area contributed by atoms with Crippen molar-refractivity contribution in [2.24, 2.45) is 0 Å². The molecule has 0 spiro atoms. The van der Waals surface area contributed by atoms with Gasteiger partial charge in [-0.3, -0.25) is 9.89 Å². The lowest BCUT2D eigenvalue weighted by Gasteiger charge is -2.01. The molecule has 3 rings (SSSR count). The van der Waals surface area contributed by atoms with Gasteiger partial charge in [-0.2, -0.15) is 10.2 Å². The van der Waals surface area contributed by atoms with Crippen LogP contribution in [-0.4, -0.2) is 25.9 Å². The molecule has 0 saturated heterocycles. The van der Waals surface area contributed by atoms with Crippen LogP contribution in [0.15, 0.2) is 42.9 Å². The summed E-state index contributed by atoms with van der Waals surface area (Å²) in [6.07, 6.45) is 4.85. The van der Waals surface area contributed by atoms with Crippen LogP contribution in [0.4, 0.5) is 0 Å². The molecule has 1 N–H and O–H groups in total. The van der Waals surface area contributed by atoms with Crippen LogP contribution in [0.1, 0.15) is 10.4 Å². The van der Waals surface area contributed by atoms with Crippen LogP contribution in [0.3, 0.4) is 0 Å². The molecule has 0 bridgehead atoms. The number of fused-ring (bicyclic) bond motifs is 1. The van der Waals surface area contributed by atoms with Crippen LogP contribution in [-0.2, 0) is 0 Å². The van der Waals surface area contributed by atoms with Crippen LogP contribution in [0.5, 0.6) is 0 Å². The van der Waals surface area contributed by atoms with Crippen molar-refractivity contribution >= 4 is 16.8 Å². The van der Waals surface area contributed by atoms with Gasteiger partial charge in [0.05, 0.1) is 17.3 Å². The van der Waals surface area contributed by atoms with Gasteiger partial charge < -0.3 is 0 Å². The van der Waals surface area contributed by atoms with Gasteiger partial charge >= 0.3 is 0 Å². The molecule has 5 nitrogen and oxygen atoms in total. The Kier molecular flexibility index (Phi) is 1.83. The third-order valence-corrected chi connectivity index (χ3v) is 2.43. The third kappa shape index (κ3) is 1.22. The predicted octanol–water partition coefficient (Wildman–Crippen LogP) is 1.45. The SMILES string of the molecule is O=C(c1cccc2[nH]ncc12)n1cccn1. The van der Waals surface area contributed by atoms with Crippen molar-refractivity contribution in [2.75, 3.05) is 0 Å². The van der Waals surface area contributed by atoms with E-state index in [1.54, 1.807) is 30.7 Å². The molecule has 1 aromatic carbocycles. The molecule has 2 heterocycles. The van der Waals surface area contributed by atoms with E-state index in [2.05, 4.69) is 15.3 Å². The van der Waals surface area contributed by atoms with Crippen molar-refractivity contribution in [2.45, 2.75) is 0 Å². The van der Waals surface area contributed by atoms with Gasteiger partial charge in [-0.25, -0.2) is 4.68 Å². The highest BCUT2D eigenvalue weighted by molar-refractivity contribution is 6.06. The minimum Gasteiger partial charge on any atom is -0.278 e. The summed E-state index contributed by atoms with van der Waals surface area (Å²) >= 11 is 0. The topological polar surface area (TPSA) is 63.6 Å². The van der Waals surface area contributed by atoms with E-state index in [1.165, 1.54) is 4.68 Å². The summed E-state index contributed by atoms with van der Waals surface area (Å²) in [5.74, 6) is -0.156. The van der Waals surface area contributed by atoms with Crippen molar-refractivity contribution in [1.82, 2.24) is 20.0 Å². The normalized spacial score (nSPS) is 10.8. The molecular weight excluding hydrogens is 204 g/mol. The Balaban J connectivity index is 2.19. The fraction of sp³-hybridized carbons (Fsp3) is 0. The lowest BCUT2D eigenvalue weighted by Crippen LogP contribution is -2.12. The van der Waals surface area contributed by atoms with E-state index < -0.39 is 0 Å². The molecule has 5 heteroatoms. The number of H-pyrrole nitrogens is 1. The molecule has 2 aromatic heterocycles. The molecule has 0 radical (unpaired) electrons. The van der Waals surface area contributed by atoms with Crippen LogP contribution < -0.4 is 0 Å². The second kappa shape index (κ2) is 3.30. The van der Waals surface area contributed by atoms with Gasteiger partial charge in [0.1, 0.15) is 0 Å². The lowest BCUT2D eigenvalue weighted by molar-refractivity contribution is 0.0947. The van der Waals surface area contributed by atoms with Crippen LogP contribution in [0.2, 0.25) is 0 Å². The van der Waals surface area contributed by atoms with E-state index >= 15 is 0 Å². The van der Waals surface area contributed by atoms with Crippen molar-refractivity contribution in [3.8, 4) is 0 Å². The predicted molar refractivity (Wildman–Crippen MR) is 58.0 cm³/mol. The van der Waals surface area contributed by atoms with Crippen molar-refractivity contribution in [3.05, 3.63) is 48.4 Å². The molecule has 0 fully saturated rings. The first kappa shape index (κ1) is 8.84. The van der Waals surface area contributed by atoms with Gasteiger partial charge in [0.15, 0.2) is 0 Å². The van der Waals surface area contributed by atoms with Gasteiger partial charge in [-0.1, -0.05) is 6.07 Å². The summed E-state index contributed by atoms with van der Waals surface area (Å²) < 4.78 is 1.31. The number of carbonyl (C=O) groups is 1. The van der Waals surface area contributed by atoms with Crippen molar-refractivity contribution < 1.29 is 4.79 Å². The van der Waals surface area contributed by atoms with E-state index in [0.29, 0.717) is 5.56 Å². The average Bonchev–Trinajstić information content (AvgIpc) is 2.98. The number of rotatable bonds is 1. The summed E-state index contributed by atoms with van der Waals surface area (Å²) in [7, 11) is 0. The molecule has 0 saturated carbocycles. The molecular formula is C11H8N4O. The standard InChI is InChI=1S/C11H8N4O/c16-11(15-6-2-5-13-15)8-3-1-4-10-9(8)7-12-14-10/h1-7H,(H,12,14). The molecule has 0 aliphatic heterocycles. The number of benzene rings is 1. The zero-order valence-corrected chi connectivity index (χ0v) is 8.29. The maximum absolute atomic E-state index is 12.1. The van der Waals surface area contributed by atoms with Crippen molar-refractivity contribution in [3.63, 3.8) is 0 Å². The second-order valence-corrected chi connectivity index (χ2v) is 3.39. The third-order valence-electron chi connectivity index (χ3n) is 2.43. The Morgan fingerprint density at radius 2 is 2.25 bits per heavy atom. The molecule has 0 aliphatic rings. The number of aromatic amines is 1. The van der Waals surface area contributed by atoms with Crippen LogP contribution in [0, 0.1) is 0 Å². The lowest BCUT2D eigenvalue weighted by atomic mass is 10.1. The quantitative estimate of drug-likeness (QED) is 0.664. The molecule has 3 aromatic rings. The number of nitrogens with zero attached hydrogens (tertiary/aromatic N) is 3. The van der Waals surface area contributed by atoms with E-state index in [0.717, 1.165) is 10.9 Å². The summed E-state index contributed by atoms with van der Waals surface area (Å²) in [6, 6.07) is 7.18. The highest BCUT2D eigenvalue weighted by Gasteiger charge is 2.12. The van der Waals surface area contributed by atoms with Gasteiger partial charge in [0, 0.05) is 17.8 Å². The van der Waals surface area contributed by atoms with E-state index in [4.69, 9.17) is 0 Å². The summed E-state index contributed by atoms with van der Waals surface area (Å²) in [5.41, 5.74) is 1.44. The maximum atomic E-state index is 12.1. The van der Waals surface area contributed by atoms with Gasteiger partial charge in [0.25, 0.3) is 5.91 Å². The van der Waals surface area contributed by atoms with Crippen LogP contribution in [0.25, 0.3) is 10.9 Å². The Hall–Kier alpha value is -2.43. The fourth-order valence-corrected chi connectivity index (χ4v) is 1.67. The molecule has 0 amide bonds. The van der Waals surface area contributed by atoms with Crippen LogP contribution >= 0.6 is 0 Å². The summed E-state index contributed by atoms with van der Waals surface area (Å²) in [4.78, 5) is 12.1. The van der Waals surface area contributed by atoms with Gasteiger partial charge in [-0.15, -0.1) is 0 Å². The first-order chi connectivity index (χ1) is 7.86. The van der Waals surface area contributed by atoms with Gasteiger partial charge in [-0.05, 0) is 18.2 Å². The minimum atomic E-state index is -0.156. The highest BCUT2D eigenvalue weighted by Crippen LogP contribution is 2.16. The van der Waals surface area contributed by atoms with Crippen molar-refractivity contribution in [1.29, 1.82) is 0 Å². The molecule has 0 unspecified atom stereocenters. The highest BCUT2D eigenvalue weighted by atomic mass is 16.2. The Bertz CT molecular complexity index is 639. The van der Waals surface area contributed by atoms with E-state index in [1.807, 2.05) is 12.1 Å². The number of nitrogens with one attached hydrogen (secondary N) is 1. The largest absolute Gasteiger partial charge is 0.278 e. The van der Waals surface area contributed by atoms with Gasteiger partial charge in [0.2, 0.25) is 0 Å². The smallest absolute Gasteiger partial charge is 0.278 e. The first-order valence-corrected chi connectivity index (χ1v) is 4.83. The molecule has 0 atom stereocenters. The summed E-state index contributed by atoms with van der Waals surface area (Å²) in [5, 5.41) is 11.5. The van der Waals surface area contributed by atoms with E-state index in [-0.39, 0.29) is 5.91 Å². The first-order valence-electron chi connectivity index (χ1n) is 4.83. The molecule has 0 aliphatic carbocycles.